The van der Waals surface area contributed by atoms with Crippen LogP contribution in [-0.2, 0) is 32.5 Å². The van der Waals surface area contributed by atoms with Crippen LogP contribution >= 0.6 is 0 Å². The van der Waals surface area contributed by atoms with E-state index >= 15 is 0 Å². The fraction of sp³-hybridized carbons (Fsp3) is 0.263. The quantitative estimate of drug-likeness (QED) is 0.746. The molecule has 0 spiro atoms. The summed E-state index contributed by atoms with van der Waals surface area (Å²) >= 11 is 0. The number of nitrogens with zero attached hydrogens (tertiary/aromatic N) is 1. The standard InChI is InChI=1S/C19H20N2O6S/c1-26-17-7-6-15(28(20,24)25)10-16(17)19(23)27-12-18(22)21-9-8-13-4-2-3-5-14(13)11-21/h2-7,10H,8-9,11-12H2,1H3,(H2,20,24,25). The van der Waals surface area contributed by atoms with Crippen molar-refractivity contribution in [3.63, 3.8) is 0 Å². The number of hydrogen-bond acceptors (Lipinski definition) is 6. The second-order valence-electron chi connectivity index (χ2n) is 6.32. The molecule has 1 amide bonds. The summed E-state index contributed by atoms with van der Waals surface area (Å²) in [4.78, 5) is 26.2. The van der Waals surface area contributed by atoms with Crippen molar-refractivity contribution in [3.8, 4) is 5.75 Å². The first-order chi connectivity index (χ1) is 13.3. The fourth-order valence-corrected chi connectivity index (χ4v) is 3.57. The molecule has 1 aliphatic rings. The monoisotopic (exact) mass is 404 g/mol. The first-order valence-electron chi connectivity index (χ1n) is 8.52. The van der Waals surface area contributed by atoms with E-state index in [1.54, 1.807) is 4.90 Å². The zero-order valence-corrected chi connectivity index (χ0v) is 16.1. The molecular formula is C19H20N2O6S. The first kappa shape index (κ1) is 19.8. The Balaban J connectivity index is 1.68. The van der Waals surface area contributed by atoms with Crippen LogP contribution in [0.25, 0.3) is 0 Å². The Labute approximate surface area is 162 Å². The van der Waals surface area contributed by atoms with Crippen LogP contribution in [0, 0.1) is 0 Å². The molecular weight excluding hydrogens is 384 g/mol. The lowest BCUT2D eigenvalue weighted by Crippen LogP contribution is -2.38. The average Bonchev–Trinajstić information content (AvgIpc) is 2.70. The molecule has 2 aromatic carbocycles. The molecule has 28 heavy (non-hydrogen) atoms. The maximum Gasteiger partial charge on any atom is 0.342 e. The third-order valence-electron chi connectivity index (χ3n) is 4.53. The van der Waals surface area contributed by atoms with E-state index < -0.39 is 22.6 Å². The van der Waals surface area contributed by atoms with Gasteiger partial charge in [-0.05, 0) is 35.7 Å². The second kappa shape index (κ2) is 7.99. The minimum atomic E-state index is -4.00. The molecule has 3 rings (SSSR count). The minimum Gasteiger partial charge on any atom is -0.496 e. The minimum absolute atomic E-state index is 0.120. The molecule has 2 N–H and O–H groups in total. The van der Waals surface area contributed by atoms with E-state index in [1.165, 1.54) is 24.8 Å². The van der Waals surface area contributed by atoms with Crippen molar-refractivity contribution in [2.45, 2.75) is 17.9 Å². The number of rotatable bonds is 5. The molecule has 8 nitrogen and oxygen atoms in total. The number of esters is 1. The maximum absolute atomic E-state index is 12.4. The fourth-order valence-electron chi connectivity index (χ4n) is 3.03. The predicted octanol–water partition coefficient (Wildman–Crippen LogP) is 1.08. The molecule has 0 bridgehead atoms. The van der Waals surface area contributed by atoms with Crippen LogP contribution < -0.4 is 9.88 Å². The number of ether oxygens (including phenoxy) is 2. The lowest BCUT2D eigenvalue weighted by Gasteiger charge is -2.28. The second-order valence-corrected chi connectivity index (χ2v) is 7.88. The summed E-state index contributed by atoms with van der Waals surface area (Å²) in [6.45, 7) is 0.540. The molecule has 0 atom stereocenters. The van der Waals surface area contributed by atoms with Gasteiger partial charge in [-0.1, -0.05) is 24.3 Å². The van der Waals surface area contributed by atoms with Gasteiger partial charge < -0.3 is 14.4 Å². The number of nitrogens with two attached hydrogens (primary N) is 1. The van der Waals surface area contributed by atoms with Crippen molar-refractivity contribution in [2.24, 2.45) is 5.14 Å². The smallest absolute Gasteiger partial charge is 0.342 e. The van der Waals surface area contributed by atoms with Gasteiger partial charge in [-0.3, -0.25) is 4.79 Å². The molecule has 1 heterocycles. The van der Waals surface area contributed by atoms with Crippen LogP contribution in [-0.4, -0.2) is 45.5 Å². The highest BCUT2D eigenvalue weighted by molar-refractivity contribution is 7.89. The molecule has 9 heteroatoms. The molecule has 0 saturated heterocycles. The predicted molar refractivity (Wildman–Crippen MR) is 100 cm³/mol. The van der Waals surface area contributed by atoms with Crippen LogP contribution in [0.2, 0.25) is 0 Å². The zero-order valence-electron chi connectivity index (χ0n) is 15.3. The molecule has 2 aromatic rings. The Morgan fingerprint density at radius 3 is 2.54 bits per heavy atom. The summed E-state index contributed by atoms with van der Waals surface area (Å²) < 4.78 is 33.2. The Kier molecular flexibility index (Phi) is 5.66. The van der Waals surface area contributed by atoms with E-state index in [9.17, 15) is 18.0 Å². The van der Waals surface area contributed by atoms with Gasteiger partial charge >= 0.3 is 5.97 Å². The van der Waals surface area contributed by atoms with Gasteiger partial charge in [0.15, 0.2) is 6.61 Å². The molecule has 1 aliphatic heterocycles. The van der Waals surface area contributed by atoms with Crippen LogP contribution in [0.4, 0.5) is 0 Å². The molecule has 0 fully saturated rings. The SMILES string of the molecule is COc1ccc(S(N)(=O)=O)cc1C(=O)OCC(=O)N1CCc2ccccc2C1. The van der Waals surface area contributed by atoms with Crippen molar-refractivity contribution in [2.75, 3.05) is 20.3 Å². The van der Waals surface area contributed by atoms with Crippen LogP contribution in [0.3, 0.4) is 0 Å². The van der Waals surface area contributed by atoms with Gasteiger partial charge in [-0.15, -0.1) is 0 Å². The summed E-state index contributed by atoms with van der Waals surface area (Å²) in [7, 11) is -2.67. The number of hydrogen-bond donors (Lipinski definition) is 1. The Bertz CT molecular complexity index is 1020. The van der Waals surface area contributed by atoms with E-state index in [1.807, 2.05) is 24.3 Å². The molecule has 0 unspecified atom stereocenters. The molecule has 0 radical (unpaired) electrons. The third kappa shape index (κ3) is 4.32. The Morgan fingerprint density at radius 2 is 1.86 bits per heavy atom. The number of carbonyl (C=O) groups excluding carboxylic acids is 2. The van der Waals surface area contributed by atoms with Crippen molar-refractivity contribution >= 4 is 21.9 Å². The van der Waals surface area contributed by atoms with E-state index in [0.717, 1.165) is 18.1 Å². The van der Waals surface area contributed by atoms with E-state index in [2.05, 4.69) is 0 Å². The summed E-state index contributed by atoms with van der Waals surface area (Å²) in [5, 5.41) is 5.09. The first-order valence-corrected chi connectivity index (χ1v) is 10.1. The van der Waals surface area contributed by atoms with E-state index in [-0.39, 0.29) is 22.1 Å². The number of benzene rings is 2. The third-order valence-corrected chi connectivity index (χ3v) is 5.44. The van der Waals surface area contributed by atoms with Crippen LogP contribution in [0.1, 0.15) is 21.5 Å². The number of methoxy groups -OCH3 is 1. The summed E-state index contributed by atoms with van der Waals surface area (Å²) in [6.07, 6.45) is 0.736. The van der Waals surface area contributed by atoms with Crippen LogP contribution in [0.5, 0.6) is 5.75 Å². The van der Waals surface area contributed by atoms with Gasteiger partial charge in [0.2, 0.25) is 10.0 Å². The summed E-state index contributed by atoms with van der Waals surface area (Å²) in [6, 6.07) is 11.5. The number of fused-ring (bicyclic) bond motifs is 1. The number of sulfonamides is 1. The zero-order chi connectivity index (χ0) is 20.3. The summed E-state index contributed by atoms with van der Waals surface area (Å²) in [5.41, 5.74) is 2.15. The molecule has 0 aromatic heterocycles. The van der Waals surface area contributed by atoms with Gasteiger partial charge in [0.1, 0.15) is 11.3 Å². The van der Waals surface area contributed by atoms with Gasteiger partial charge in [0.25, 0.3) is 5.91 Å². The molecule has 0 aliphatic carbocycles. The lowest BCUT2D eigenvalue weighted by atomic mass is 10.00. The molecule has 148 valence electrons. The summed E-state index contributed by atoms with van der Waals surface area (Å²) in [5.74, 6) is -1.07. The van der Waals surface area contributed by atoms with Crippen molar-refractivity contribution < 1.29 is 27.5 Å². The van der Waals surface area contributed by atoms with Gasteiger partial charge in [0.05, 0.1) is 12.0 Å². The lowest BCUT2D eigenvalue weighted by molar-refractivity contribution is -0.135. The topological polar surface area (TPSA) is 116 Å². The number of primary sulfonamides is 1. The normalized spacial score (nSPS) is 13.6. The largest absolute Gasteiger partial charge is 0.496 e. The maximum atomic E-state index is 12.4. The highest BCUT2D eigenvalue weighted by Crippen LogP contribution is 2.23. The van der Waals surface area contributed by atoms with Gasteiger partial charge in [-0.2, -0.15) is 0 Å². The molecule has 0 saturated carbocycles. The van der Waals surface area contributed by atoms with Gasteiger partial charge in [0, 0.05) is 13.1 Å². The van der Waals surface area contributed by atoms with Crippen molar-refractivity contribution in [1.82, 2.24) is 4.90 Å². The van der Waals surface area contributed by atoms with Crippen LogP contribution in [0.15, 0.2) is 47.4 Å². The number of carbonyl (C=O) groups is 2. The number of amides is 1. The van der Waals surface area contributed by atoms with Gasteiger partial charge in [-0.25, -0.2) is 18.4 Å². The highest BCUT2D eigenvalue weighted by atomic mass is 32.2. The van der Waals surface area contributed by atoms with E-state index in [4.69, 9.17) is 14.6 Å². The Hall–Kier alpha value is -2.91. The Morgan fingerprint density at radius 1 is 1.14 bits per heavy atom. The average molecular weight is 404 g/mol. The van der Waals surface area contributed by atoms with Crippen molar-refractivity contribution in [3.05, 3.63) is 59.2 Å². The van der Waals surface area contributed by atoms with E-state index in [0.29, 0.717) is 13.1 Å². The van der Waals surface area contributed by atoms with Crippen molar-refractivity contribution in [1.29, 1.82) is 0 Å². The highest BCUT2D eigenvalue weighted by Gasteiger charge is 2.23.